The van der Waals surface area contributed by atoms with E-state index >= 15 is 0 Å². The van der Waals surface area contributed by atoms with E-state index in [1.807, 2.05) is 61.5 Å². The van der Waals surface area contributed by atoms with E-state index in [-0.39, 0.29) is 11.3 Å². The number of methoxy groups -OCH3 is 2. The molecule has 3 N–H and O–H groups in total. The molecule has 0 unspecified atom stereocenters. The van der Waals surface area contributed by atoms with E-state index in [0.29, 0.717) is 33.9 Å². The Balaban J connectivity index is 1.62. The van der Waals surface area contributed by atoms with Crippen LogP contribution in [0.25, 0.3) is 21.8 Å². The van der Waals surface area contributed by atoms with Crippen LogP contribution in [0.5, 0.6) is 17.2 Å². The van der Waals surface area contributed by atoms with E-state index in [2.05, 4.69) is 15.0 Å². The topological polar surface area (TPSA) is 109 Å². The van der Waals surface area contributed by atoms with Gasteiger partial charge in [0.25, 0.3) is 5.56 Å². The van der Waals surface area contributed by atoms with Crippen LogP contribution in [0.3, 0.4) is 0 Å². The highest BCUT2D eigenvalue weighted by Gasteiger charge is 2.72. The highest BCUT2D eigenvalue weighted by molar-refractivity contribution is 6.10. The summed E-state index contributed by atoms with van der Waals surface area (Å²) >= 11 is 0. The van der Waals surface area contributed by atoms with Crippen molar-refractivity contribution in [3.05, 3.63) is 93.7 Å². The van der Waals surface area contributed by atoms with Gasteiger partial charge < -0.3 is 29.3 Å². The lowest BCUT2D eigenvalue weighted by atomic mass is 9.72. The molecule has 0 saturated carbocycles. The molecule has 2 aliphatic rings. The molecule has 3 aromatic carbocycles. The van der Waals surface area contributed by atoms with Gasteiger partial charge in [-0.05, 0) is 29.8 Å². The number of hydrogen-bond acceptors (Lipinski definition) is 6. The summed E-state index contributed by atoms with van der Waals surface area (Å²) in [6, 6.07) is 17.3. The van der Waals surface area contributed by atoms with Crippen molar-refractivity contribution in [1.29, 1.82) is 0 Å². The van der Waals surface area contributed by atoms with Crippen LogP contribution in [0.15, 0.2) is 65.7 Å². The van der Waals surface area contributed by atoms with Gasteiger partial charge in [-0.2, -0.15) is 0 Å². The molecule has 7 rings (SSSR count). The average Bonchev–Trinajstić information content (AvgIpc) is 3.47. The van der Waals surface area contributed by atoms with E-state index in [1.165, 1.54) is 6.33 Å². The van der Waals surface area contributed by atoms with Crippen LogP contribution >= 0.6 is 0 Å². The Morgan fingerprint density at radius 3 is 2.58 bits per heavy atom. The molecular formula is C28H23N3O5. The molecule has 2 aromatic heterocycles. The molecule has 1 aliphatic heterocycles. The predicted octanol–water partition coefficient (Wildman–Crippen LogP) is 4.06. The summed E-state index contributed by atoms with van der Waals surface area (Å²) in [6.07, 6.45) is 1.32. The first kappa shape index (κ1) is 21.0. The molecule has 0 radical (unpaired) electrons. The number of para-hydroxylation sites is 1. The van der Waals surface area contributed by atoms with Crippen molar-refractivity contribution in [3.8, 4) is 17.2 Å². The SMILES string of the molecule is COc1ccc([C@@]23Oc4cc5c([nH]c6ccccc65)c(OC)c4[C@]2(O)c2nc[nH]c(=O)c2[C@H]3C)cc1. The quantitative estimate of drug-likeness (QED) is 0.359. The van der Waals surface area contributed by atoms with Crippen molar-refractivity contribution in [2.75, 3.05) is 14.2 Å². The number of aromatic amines is 2. The Morgan fingerprint density at radius 1 is 1.06 bits per heavy atom. The highest BCUT2D eigenvalue weighted by Crippen LogP contribution is 2.68. The standard InChI is InChI=1S/C28H23N3O5/c1-14-21-25(29-13-30-26(21)32)27(33)22-20(36-28(14,27)15-8-10-16(34-2)11-9-15)12-18-17-6-4-5-7-19(17)31-23(18)24(22)35-3/h4-14,31,33H,1-3H3,(H,29,30,32)/t14-,27+,28-/m1/s1. The molecular weight excluding hydrogens is 458 g/mol. The van der Waals surface area contributed by atoms with Gasteiger partial charge in [-0.15, -0.1) is 0 Å². The molecule has 8 heteroatoms. The second-order valence-corrected chi connectivity index (χ2v) is 9.37. The molecule has 8 nitrogen and oxygen atoms in total. The summed E-state index contributed by atoms with van der Waals surface area (Å²) in [5.74, 6) is 1.09. The zero-order valence-electron chi connectivity index (χ0n) is 19.9. The van der Waals surface area contributed by atoms with Crippen molar-refractivity contribution in [2.24, 2.45) is 0 Å². The van der Waals surface area contributed by atoms with Gasteiger partial charge in [0, 0.05) is 27.8 Å². The van der Waals surface area contributed by atoms with Crippen LogP contribution in [-0.4, -0.2) is 34.3 Å². The van der Waals surface area contributed by atoms with Gasteiger partial charge in [0.1, 0.15) is 11.5 Å². The normalized spacial score (nSPS) is 23.8. The van der Waals surface area contributed by atoms with Crippen LogP contribution < -0.4 is 19.8 Å². The lowest BCUT2D eigenvalue weighted by molar-refractivity contribution is -0.0943. The number of fused-ring (bicyclic) bond motifs is 8. The molecule has 1 aliphatic carbocycles. The van der Waals surface area contributed by atoms with Crippen LogP contribution in [0.4, 0.5) is 0 Å². The van der Waals surface area contributed by atoms with E-state index < -0.39 is 17.1 Å². The first-order chi connectivity index (χ1) is 17.5. The highest BCUT2D eigenvalue weighted by atomic mass is 16.5. The van der Waals surface area contributed by atoms with Gasteiger partial charge in [-0.1, -0.05) is 37.3 Å². The number of aliphatic hydroxyl groups is 1. The molecule has 0 bridgehead atoms. The zero-order chi connectivity index (χ0) is 24.8. The Morgan fingerprint density at radius 2 is 1.83 bits per heavy atom. The van der Waals surface area contributed by atoms with Crippen LogP contribution in [0.2, 0.25) is 0 Å². The van der Waals surface area contributed by atoms with Gasteiger partial charge in [0.2, 0.25) is 0 Å². The van der Waals surface area contributed by atoms with E-state index in [4.69, 9.17) is 14.2 Å². The van der Waals surface area contributed by atoms with E-state index in [1.54, 1.807) is 14.2 Å². The first-order valence-electron chi connectivity index (χ1n) is 11.7. The minimum atomic E-state index is -1.79. The number of benzene rings is 3. The van der Waals surface area contributed by atoms with Gasteiger partial charge in [0.05, 0.1) is 37.3 Å². The summed E-state index contributed by atoms with van der Waals surface area (Å²) in [4.78, 5) is 23.7. The third kappa shape index (κ3) is 2.23. The number of H-pyrrole nitrogens is 2. The summed E-state index contributed by atoms with van der Waals surface area (Å²) < 4.78 is 18.1. The van der Waals surface area contributed by atoms with E-state index in [0.717, 1.165) is 21.8 Å². The Bertz CT molecular complexity index is 1760. The molecule has 0 spiro atoms. The van der Waals surface area contributed by atoms with Crippen molar-refractivity contribution >= 4 is 21.8 Å². The fourth-order valence-electron chi connectivity index (χ4n) is 6.35. The number of aromatic nitrogens is 3. The number of nitrogens with zero attached hydrogens (tertiary/aromatic N) is 1. The summed E-state index contributed by atoms with van der Waals surface area (Å²) in [5.41, 5.74) is 0.0280. The Kier molecular flexibility index (Phi) is 4.02. The lowest BCUT2D eigenvalue weighted by Crippen LogP contribution is -2.48. The molecule has 180 valence electrons. The Labute approximate surface area is 205 Å². The smallest absolute Gasteiger partial charge is 0.254 e. The fourth-order valence-corrected chi connectivity index (χ4v) is 6.35. The summed E-state index contributed by atoms with van der Waals surface area (Å²) in [6.45, 7) is 1.89. The fraction of sp³-hybridized carbons (Fsp3) is 0.214. The van der Waals surface area contributed by atoms with Gasteiger partial charge in [0.15, 0.2) is 17.0 Å². The van der Waals surface area contributed by atoms with E-state index in [9.17, 15) is 9.90 Å². The largest absolute Gasteiger partial charge is 0.497 e. The minimum Gasteiger partial charge on any atom is -0.497 e. The monoisotopic (exact) mass is 481 g/mol. The van der Waals surface area contributed by atoms with Gasteiger partial charge >= 0.3 is 0 Å². The predicted molar refractivity (Wildman–Crippen MR) is 134 cm³/mol. The first-order valence-corrected chi connectivity index (χ1v) is 11.7. The molecule has 3 heterocycles. The second kappa shape index (κ2) is 6.89. The second-order valence-electron chi connectivity index (χ2n) is 9.37. The molecule has 0 saturated heterocycles. The van der Waals surface area contributed by atoms with Crippen LogP contribution in [0, 0.1) is 0 Å². The van der Waals surface area contributed by atoms with Crippen molar-refractivity contribution in [1.82, 2.24) is 15.0 Å². The van der Waals surface area contributed by atoms with Gasteiger partial charge in [-0.25, -0.2) is 4.98 Å². The minimum absolute atomic E-state index is 0.266. The maximum absolute atomic E-state index is 13.0. The average molecular weight is 482 g/mol. The van der Waals surface area contributed by atoms with Crippen molar-refractivity contribution < 1.29 is 19.3 Å². The molecule has 3 atom stereocenters. The Hall–Kier alpha value is -4.30. The summed E-state index contributed by atoms with van der Waals surface area (Å²) in [7, 11) is 3.17. The number of hydrogen-bond donors (Lipinski definition) is 3. The number of nitrogens with one attached hydrogen (secondary N) is 2. The number of rotatable bonds is 3. The van der Waals surface area contributed by atoms with Crippen molar-refractivity contribution in [2.45, 2.75) is 24.0 Å². The lowest BCUT2D eigenvalue weighted by Gasteiger charge is -2.38. The van der Waals surface area contributed by atoms with Crippen LogP contribution in [-0.2, 0) is 11.2 Å². The maximum Gasteiger partial charge on any atom is 0.254 e. The van der Waals surface area contributed by atoms with Crippen LogP contribution in [0.1, 0.15) is 35.2 Å². The number of ether oxygens (including phenoxy) is 3. The van der Waals surface area contributed by atoms with Crippen molar-refractivity contribution in [3.63, 3.8) is 0 Å². The molecule has 0 amide bonds. The summed E-state index contributed by atoms with van der Waals surface area (Å²) in [5, 5.41) is 14.8. The molecule has 36 heavy (non-hydrogen) atoms. The van der Waals surface area contributed by atoms with Gasteiger partial charge in [-0.3, -0.25) is 4.79 Å². The maximum atomic E-state index is 13.0. The molecule has 5 aromatic rings. The third-order valence-electron chi connectivity index (χ3n) is 7.89. The molecule has 0 fully saturated rings. The zero-order valence-corrected chi connectivity index (χ0v) is 19.9. The third-order valence-corrected chi connectivity index (χ3v) is 7.89.